The molecule has 1 aliphatic carbocycles. The van der Waals surface area contributed by atoms with Gasteiger partial charge >= 0.3 is 0 Å². The number of furan rings is 1. The van der Waals surface area contributed by atoms with Crippen molar-refractivity contribution in [2.24, 2.45) is 4.99 Å². The Morgan fingerprint density at radius 3 is 2.74 bits per heavy atom. The van der Waals surface area contributed by atoms with E-state index in [9.17, 15) is 4.79 Å². The van der Waals surface area contributed by atoms with Crippen LogP contribution >= 0.6 is 43.2 Å². The van der Waals surface area contributed by atoms with Crippen LogP contribution in [0.25, 0.3) is 11.3 Å². The normalized spacial score (nSPS) is 13.2. The van der Waals surface area contributed by atoms with Crippen LogP contribution in [0.15, 0.2) is 79.0 Å². The fourth-order valence-corrected chi connectivity index (χ4v) is 6.15. The van der Waals surface area contributed by atoms with Gasteiger partial charge in [0.05, 0.1) is 11.8 Å². The van der Waals surface area contributed by atoms with Crippen LogP contribution in [0.4, 0.5) is 5.00 Å². The predicted molar refractivity (Wildman–Crippen MR) is 145 cm³/mol. The summed E-state index contributed by atoms with van der Waals surface area (Å²) >= 11 is 8.72. The van der Waals surface area contributed by atoms with Crippen LogP contribution < -0.4 is 5.32 Å². The molecule has 2 aromatic carbocycles. The summed E-state index contributed by atoms with van der Waals surface area (Å²) in [5, 5.41) is 3.84. The van der Waals surface area contributed by atoms with Crippen LogP contribution in [0.2, 0.25) is 0 Å². The first-order chi connectivity index (χ1) is 16.6. The molecule has 0 bridgehead atoms. The van der Waals surface area contributed by atoms with Crippen molar-refractivity contribution in [3.05, 3.63) is 96.9 Å². The number of hydrogen-bond donors (Lipinski definition) is 1. The largest absolute Gasteiger partial charge is 0.455 e. The molecule has 2 aromatic heterocycles. The molecule has 1 aliphatic rings. The van der Waals surface area contributed by atoms with Gasteiger partial charge in [0.2, 0.25) is 0 Å². The number of thiophene rings is 1. The number of benzene rings is 2. The van der Waals surface area contributed by atoms with Gasteiger partial charge < -0.3 is 9.73 Å². The Balaban J connectivity index is 1.40. The summed E-state index contributed by atoms with van der Waals surface area (Å²) in [7, 11) is 0. The van der Waals surface area contributed by atoms with E-state index in [2.05, 4.69) is 37.2 Å². The van der Waals surface area contributed by atoms with E-state index >= 15 is 0 Å². The molecule has 34 heavy (non-hydrogen) atoms. The smallest absolute Gasteiger partial charge is 0.254 e. The Kier molecular flexibility index (Phi) is 7.13. The third-order valence-electron chi connectivity index (χ3n) is 5.81. The summed E-state index contributed by atoms with van der Waals surface area (Å²) in [5.41, 5.74) is 3.91. The lowest BCUT2D eigenvalue weighted by Crippen LogP contribution is -2.24. The summed E-state index contributed by atoms with van der Waals surface area (Å²) < 4.78 is 7.97. The van der Waals surface area contributed by atoms with Gasteiger partial charge in [-0.1, -0.05) is 62.2 Å². The molecule has 4 aromatic rings. The molecule has 2 heterocycles. The van der Waals surface area contributed by atoms with Crippen molar-refractivity contribution in [3.63, 3.8) is 0 Å². The number of aliphatic imine (C=N–C) groups is 1. The molecule has 7 heteroatoms. The quantitative estimate of drug-likeness (QED) is 0.228. The summed E-state index contributed by atoms with van der Waals surface area (Å²) in [5.74, 6) is 1.33. The maximum absolute atomic E-state index is 13.2. The summed E-state index contributed by atoms with van der Waals surface area (Å²) in [6, 6.07) is 19.8. The van der Waals surface area contributed by atoms with E-state index in [0.717, 1.165) is 62.1 Å². The first kappa shape index (κ1) is 23.3. The first-order valence-corrected chi connectivity index (χ1v) is 13.5. The highest BCUT2D eigenvalue weighted by Crippen LogP contribution is 2.40. The van der Waals surface area contributed by atoms with Gasteiger partial charge in [0.1, 0.15) is 16.5 Å². The molecule has 0 radical (unpaired) electrons. The number of nitrogens with one attached hydrogen (secondary N) is 1. The van der Waals surface area contributed by atoms with Crippen molar-refractivity contribution < 1.29 is 9.21 Å². The molecule has 0 saturated carbocycles. The molecule has 0 atom stereocenters. The van der Waals surface area contributed by atoms with E-state index in [1.165, 1.54) is 4.88 Å². The van der Waals surface area contributed by atoms with Gasteiger partial charge in [0.25, 0.3) is 5.91 Å². The van der Waals surface area contributed by atoms with Crippen molar-refractivity contribution in [2.75, 3.05) is 0 Å². The molecular weight excluding hydrogens is 576 g/mol. The van der Waals surface area contributed by atoms with Crippen molar-refractivity contribution >= 4 is 60.3 Å². The Hall–Kier alpha value is -2.48. The van der Waals surface area contributed by atoms with Crippen molar-refractivity contribution in [3.8, 4) is 11.3 Å². The predicted octanol–water partition coefficient (Wildman–Crippen LogP) is 8.09. The number of amides is 1. The average molecular weight is 598 g/mol. The second kappa shape index (κ2) is 10.4. The Morgan fingerprint density at radius 2 is 1.88 bits per heavy atom. The zero-order valence-electron chi connectivity index (χ0n) is 18.3. The van der Waals surface area contributed by atoms with Crippen LogP contribution in [0.3, 0.4) is 0 Å². The topological polar surface area (TPSA) is 54.6 Å². The number of nitrogens with zero attached hydrogens (tertiary/aromatic N) is 1. The summed E-state index contributed by atoms with van der Waals surface area (Å²) in [6.45, 7) is 0.497. The lowest BCUT2D eigenvalue weighted by atomic mass is 9.95. The van der Waals surface area contributed by atoms with E-state index in [0.29, 0.717) is 17.9 Å². The molecule has 172 valence electrons. The Morgan fingerprint density at radius 1 is 1.06 bits per heavy atom. The van der Waals surface area contributed by atoms with E-state index in [-0.39, 0.29) is 5.91 Å². The van der Waals surface area contributed by atoms with Gasteiger partial charge in [0, 0.05) is 25.9 Å². The van der Waals surface area contributed by atoms with Gasteiger partial charge in [-0.15, -0.1) is 11.3 Å². The fraction of sp³-hybridized carbons (Fsp3) is 0.185. The van der Waals surface area contributed by atoms with Gasteiger partial charge in [-0.3, -0.25) is 4.79 Å². The van der Waals surface area contributed by atoms with E-state index in [1.54, 1.807) is 17.6 Å². The van der Waals surface area contributed by atoms with Crippen LogP contribution in [0, 0.1) is 0 Å². The first-order valence-electron chi connectivity index (χ1n) is 11.1. The summed E-state index contributed by atoms with van der Waals surface area (Å²) in [4.78, 5) is 19.2. The lowest BCUT2D eigenvalue weighted by Gasteiger charge is -2.12. The number of fused-ring (bicyclic) bond motifs is 1. The average Bonchev–Trinajstić information content (AvgIpc) is 3.48. The van der Waals surface area contributed by atoms with E-state index in [4.69, 9.17) is 9.41 Å². The van der Waals surface area contributed by atoms with Crippen LogP contribution in [0.1, 0.15) is 45.0 Å². The highest BCUT2D eigenvalue weighted by Gasteiger charge is 2.25. The molecular formula is C27H22Br2N2O2S. The highest BCUT2D eigenvalue weighted by molar-refractivity contribution is 9.11. The molecule has 0 aliphatic heterocycles. The summed E-state index contributed by atoms with van der Waals surface area (Å²) in [6.07, 6.45) is 5.91. The van der Waals surface area contributed by atoms with Crippen molar-refractivity contribution in [1.29, 1.82) is 0 Å². The number of rotatable bonds is 6. The second-order valence-corrected chi connectivity index (χ2v) is 11.0. The molecule has 1 N–H and O–H groups in total. The molecule has 0 fully saturated rings. The van der Waals surface area contributed by atoms with Gasteiger partial charge in [-0.2, -0.15) is 0 Å². The number of hydrogen-bond acceptors (Lipinski definition) is 4. The standard InChI is InChI=1S/C27H22Br2N2O2S/c28-18-10-12-22(29)21(14-18)23-13-11-19(33-23)16-31-27-25(20-8-4-5-9-24(20)34-27)26(32)30-15-17-6-2-1-3-7-17/h1-3,6-7,10-14,16H,4-5,8-9,15H2,(H,30,32). The Labute approximate surface area is 219 Å². The van der Waals surface area contributed by atoms with Crippen LogP contribution in [-0.2, 0) is 19.4 Å². The van der Waals surface area contributed by atoms with E-state index in [1.807, 2.05) is 60.7 Å². The number of halogens is 2. The third kappa shape index (κ3) is 5.11. The maximum atomic E-state index is 13.2. The van der Waals surface area contributed by atoms with Crippen LogP contribution in [0.5, 0.6) is 0 Å². The minimum Gasteiger partial charge on any atom is -0.455 e. The third-order valence-corrected chi connectivity index (χ3v) is 8.19. The minimum absolute atomic E-state index is 0.0615. The fourth-order valence-electron chi connectivity index (χ4n) is 4.12. The van der Waals surface area contributed by atoms with Crippen molar-refractivity contribution in [2.45, 2.75) is 32.2 Å². The minimum atomic E-state index is -0.0615. The van der Waals surface area contributed by atoms with Gasteiger partial charge in [-0.05, 0) is 67.1 Å². The molecule has 1 amide bonds. The molecule has 0 unspecified atom stereocenters. The molecule has 5 rings (SSSR count). The maximum Gasteiger partial charge on any atom is 0.254 e. The number of carbonyl (C=O) groups excluding carboxylic acids is 1. The van der Waals surface area contributed by atoms with E-state index < -0.39 is 0 Å². The Bertz CT molecular complexity index is 1360. The molecule has 0 saturated heterocycles. The SMILES string of the molecule is O=C(NCc1ccccc1)c1c(N=Cc2ccc(-c3cc(Br)ccc3Br)o2)sc2c1CCCC2. The molecule has 0 spiro atoms. The van der Waals surface area contributed by atoms with Gasteiger partial charge in [-0.25, -0.2) is 4.99 Å². The highest BCUT2D eigenvalue weighted by atomic mass is 79.9. The zero-order valence-corrected chi connectivity index (χ0v) is 22.3. The van der Waals surface area contributed by atoms with Gasteiger partial charge in [0.15, 0.2) is 0 Å². The number of aryl methyl sites for hydroxylation is 1. The van der Waals surface area contributed by atoms with Crippen LogP contribution in [-0.4, -0.2) is 12.1 Å². The number of carbonyl (C=O) groups is 1. The monoisotopic (exact) mass is 596 g/mol. The van der Waals surface area contributed by atoms with Crippen molar-refractivity contribution in [1.82, 2.24) is 5.32 Å². The second-order valence-electron chi connectivity index (χ2n) is 8.14. The lowest BCUT2D eigenvalue weighted by molar-refractivity contribution is 0.0951. The molecule has 4 nitrogen and oxygen atoms in total. The zero-order chi connectivity index (χ0) is 23.5.